The van der Waals surface area contributed by atoms with Gasteiger partial charge in [0.15, 0.2) is 11.6 Å². The van der Waals surface area contributed by atoms with Gasteiger partial charge in [-0.15, -0.1) is 0 Å². The van der Waals surface area contributed by atoms with E-state index in [1.807, 2.05) is 0 Å². The summed E-state index contributed by atoms with van der Waals surface area (Å²) in [7, 11) is 1.30. The van der Waals surface area contributed by atoms with Gasteiger partial charge in [0, 0.05) is 10.0 Å². The highest BCUT2D eigenvalue weighted by atomic mass is 79.9. The van der Waals surface area contributed by atoms with Gasteiger partial charge in [-0.1, -0.05) is 15.9 Å². The largest absolute Gasteiger partial charge is 0.486 e. The molecule has 0 N–H and O–H groups in total. The molecule has 1 aromatic rings. The molecule has 1 rings (SSSR count). The van der Waals surface area contributed by atoms with Gasteiger partial charge in [0.1, 0.15) is 6.61 Å². The van der Waals surface area contributed by atoms with Crippen molar-refractivity contribution in [2.45, 2.75) is 6.92 Å². The first-order chi connectivity index (χ1) is 8.04. The maximum atomic E-state index is 13.3. The van der Waals surface area contributed by atoms with Crippen molar-refractivity contribution in [1.29, 1.82) is 0 Å². The molecule has 0 heterocycles. The van der Waals surface area contributed by atoms with Crippen LogP contribution in [0, 0.1) is 5.82 Å². The van der Waals surface area contributed by atoms with Gasteiger partial charge in [-0.25, -0.2) is 9.18 Å². The fourth-order valence-corrected chi connectivity index (χ4v) is 1.43. The smallest absolute Gasteiger partial charge is 0.333 e. The topological polar surface area (TPSA) is 35.5 Å². The molecule has 0 spiro atoms. The minimum absolute atomic E-state index is 0.111. The number of carbonyl (C=O) groups excluding carboxylic acids is 1. The predicted octanol–water partition coefficient (Wildman–Crippen LogP) is 3.09. The van der Waals surface area contributed by atoms with E-state index in [1.165, 1.54) is 25.3 Å². The number of methoxy groups -OCH3 is 1. The molecular weight excluding hydrogens is 291 g/mol. The Hall–Kier alpha value is -1.36. The van der Waals surface area contributed by atoms with Crippen molar-refractivity contribution in [3.05, 3.63) is 40.1 Å². The summed E-state index contributed by atoms with van der Waals surface area (Å²) in [6.07, 6.45) is 1.54. The first-order valence-corrected chi connectivity index (χ1v) is 5.67. The standard InChI is InChI=1S/C12H12BrFO3/c1-8(12(15)16-2)5-6-17-11-4-3-9(13)7-10(11)14/h3-5,7H,6H2,1-2H3. The Morgan fingerprint density at radius 3 is 2.82 bits per heavy atom. The van der Waals surface area contributed by atoms with E-state index in [0.29, 0.717) is 10.0 Å². The molecule has 0 bridgehead atoms. The van der Waals surface area contributed by atoms with Crippen LogP contribution in [-0.2, 0) is 9.53 Å². The second kappa shape index (κ2) is 6.39. The summed E-state index contributed by atoms with van der Waals surface area (Å²) in [5.41, 5.74) is 0.421. The first-order valence-electron chi connectivity index (χ1n) is 4.87. The molecular formula is C12H12BrFO3. The van der Waals surface area contributed by atoms with Crippen LogP contribution in [0.15, 0.2) is 34.3 Å². The highest BCUT2D eigenvalue weighted by molar-refractivity contribution is 9.10. The van der Waals surface area contributed by atoms with Crippen molar-refractivity contribution in [2.75, 3.05) is 13.7 Å². The molecule has 0 fully saturated rings. The zero-order valence-electron chi connectivity index (χ0n) is 9.50. The second-order valence-electron chi connectivity index (χ2n) is 3.26. The lowest BCUT2D eigenvalue weighted by Gasteiger charge is -2.05. The summed E-state index contributed by atoms with van der Waals surface area (Å²) in [5.74, 6) is -0.740. The molecule has 0 radical (unpaired) electrons. The third-order valence-corrected chi connectivity index (χ3v) is 2.52. The van der Waals surface area contributed by atoms with Crippen LogP contribution in [0.3, 0.4) is 0 Å². The maximum Gasteiger partial charge on any atom is 0.333 e. The number of hydrogen-bond donors (Lipinski definition) is 0. The summed E-state index contributed by atoms with van der Waals surface area (Å²) in [6, 6.07) is 4.50. The van der Waals surface area contributed by atoms with Crippen molar-refractivity contribution in [1.82, 2.24) is 0 Å². The number of hydrogen-bond acceptors (Lipinski definition) is 3. The summed E-state index contributed by atoms with van der Waals surface area (Å²) in [5, 5.41) is 0. The molecule has 3 nitrogen and oxygen atoms in total. The molecule has 5 heteroatoms. The van der Waals surface area contributed by atoms with E-state index in [0.717, 1.165) is 0 Å². The first kappa shape index (κ1) is 13.7. The van der Waals surface area contributed by atoms with Crippen LogP contribution in [-0.4, -0.2) is 19.7 Å². The van der Waals surface area contributed by atoms with Crippen LogP contribution in [0.25, 0.3) is 0 Å². The fraction of sp³-hybridized carbons (Fsp3) is 0.250. The molecule has 0 aliphatic carbocycles. The third-order valence-electron chi connectivity index (χ3n) is 2.03. The Kier molecular flexibility index (Phi) is 5.15. The van der Waals surface area contributed by atoms with E-state index in [9.17, 15) is 9.18 Å². The molecule has 0 saturated carbocycles. The molecule has 1 aromatic carbocycles. The van der Waals surface area contributed by atoms with Gasteiger partial charge in [0.05, 0.1) is 7.11 Å². The lowest BCUT2D eigenvalue weighted by Crippen LogP contribution is -2.04. The lowest BCUT2D eigenvalue weighted by atomic mass is 10.3. The summed E-state index contributed by atoms with van der Waals surface area (Å²) < 4.78 is 23.7. The van der Waals surface area contributed by atoms with Crippen LogP contribution in [0.4, 0.5) is 4.39 Å². The molecule has 17 heavy (non-hydrogen) atoms. The lowest BCUT2D eigenvalue weighted by molar-refractivity contribution is -0.136. The van der Waals surface area contributed by atoms with Crippen LogP contribution in [0.5, 0.6) is 5.75 Å². The Labute approximate surface area is 107 Å². The van der Waals surface area contributed by atoms with Gasteiger partial charge >= 0.3 is 5.97 Å². The van der Waals surface area contributed by atoms with E-state index < -0.39 is 11.8 Å². The van der Waals surface area contributed by atoms with Gasteiger partial charge in [-0.3, -0.25) is 0 Å². The number of carbonyl (C=O) groups is 1. The van der Waals surface area contributed by atoms with Crippen LogP contribution in [0.1, 0.15) is 6.92 Å². The summed E-state index contributed by atoms with van der Waals surface area (Å²) in [6.45, 7) is 1.71. The molecule has 92 valence electrons. The third kappa shape index (κ3) is 4.19. The van der Waals surface area contributed by atoms with E-state index in [-0.39, 0.29) is 12.4 Å². The molecule has 0 unspecified atom stereocenters. The molecule has 0 atom stereocenters. The SMILES string of the molecule is COC(=O)C(C)=CCOc1ccc(Br)cc1F. The Balaban J connectivity index is 2.59. The quantitative estimate of drug-likeness (QED) is 0.633. The van der Waals surface area contributed by atoms with E-state index in [2.05, 4.69) is 20.7 Å². The Morgan fingerprint density at radius 1 is 1.53 bits per heavy atom. The van der Waals surface area contributed by atoms with Gasteiger partial charge in [-0.2, -0.15) is 0 Å². The molecule has 0 aliphatic rings. The van der Waals surface area contributed by atoms with Crippen LogP contribution in [0.2, 0.25) is 0 Å². The Bertz CT molecular complexity index is 443. The highest BCUT2D eigenvalue weighted by Crippen LogP contribution is 2.21. The van der Waals surface area contributed by atoms with E-state index >= 15 is 0 Å². The molecule has 0 aliphatic heterocycles. The maximum absolute atomic E-state index is 13.3. The van der Waals surface area contributed by atoms with Crippen molar-refractivity contribution in [2.24, 2.45) is 0 Å². The number of esters is 1. The number of halogens is 2. The monoisotopic (exact) mass is 302 g/mol. The van der Waals surface area contributed by atoms with Gasteiger partial charge in [0.2, 0.25) is 0 Å². The van der Waals surface area contributed by atoms with Crippen LogP contribution < -0.4 is 4.74 Å². The molecule has 0 amide bonds. The van der Waals surface area contributed by atoms with E-state index in [4.69, 9.17) is 4.74 Å². The molecule has 0 saturated heterocycles. The van der Waals surface area contributed by atoms with Crippen LogP contribution >= 0.6 is 15.9 Å². The average Bonchev–Trinajstić information content (AvgIpc) is 2.30. The summed E-state index contributed by atoms with van der Waals surface area (Å²) in [4.78, 5) is 11.0. The fourth-order valence-electron chi connectivity index (χ4n) is 1.09. The molecule has 0 aromatic heterocycles. The second-order valence-corrected chi connectivity index (χ2v) is 4.18. The average molecular weight is 303 g/mol. The zero-order chi connectivity index (χ0) is 12.8. The minimum atomic E-state index is -0.455. The zero-order valence-corrected chi connectivity index (χ0v) is 11.1. The summed E-state index contributed by atoms with van der Waals surface area (Å²) >= 11 is 3.15. The van der Waals surface area contributed by atoms with Crippen molar-refractivity contribution < 1.29 is 18.7 Å². The minimum Gasteiger partial charge on any atom is -0.486 e. The van der Waals surface area contributed by atoms with Crippen molar-refractivity contribution in [3.63, 3.8) is 0 Å². The number of benzene rings is 1. The van der Waals surface area contributed by atoms with Crippen molar-refractivity contribution >= 4 is 21.9 Å². The van der Waals surface area contributed by atoms with Gasteiger partial charge in [0.25, 0.3) is 0 Å². The van der Waals surface area contributed by atoms with Gasteiger partial charge in [-0.05, 0) is 31.2 Å². The number of ether oxygens (including phenoxy) is 2. The van der Waals surface area contributed by atoms with Crippen molar-refractivity contribution in [3.8, 4) is 5.75 Å². The van der Waals surface area contributed by atoms with Gasteiger partial charge < -0.3 is 9.47 Å². The number of rotatable bonds is 4. The normalized spacial score (nSPS) is 11.2. The Morgan fingerprint density at radius 2 is 2.24 bits per heavy atom. The highest BCUT2D eigenvalue weighted by Gasteiger charge is 2.04. The van der Waals surface area contributed by atoms with E-state index in [1.54, 1.807) is 13.0 Å². The predicted molar refractivity (Wildman–Crippen MR) is 65.4 cm³/mol.